The molecule has 0 aliphatic carbocycles. The van der Waals surface area contributed by atoms with Gasteiger partial charge in [-0.05, 0) is 55.4 Å². The van der Waals surface area contributed by atoms with E-state index in [1.807, 2.05) is 54.6 Å². The largest absolute Gasteiger partial charge is 0.326 e. The summed E-state index contributed by atoms with van der Waals surface area (Å²) in [5, 5.41) is 2.96. The molecule has 3 rings (SSSR count). The lowest BCUT2D eigenvalue weighted by molar-refractivity contribution is -0.120. The van der Waals surface area contributed by atoms with Crippen molar-refractivity contribution in [2.45, 2.75) is 39.0 Å². The molecule has 0 aromatic heterocycles. The van der Waals surface area contributed by atoms with Gasteiger partial charge in [0.25, 0.3) is 0 Å². The molecule has 0 saturated carbocycles. The molecule has 1 heterocycles. The summed E-state index contributed by atoms with van der Waals surface area (Å²) in [6.07, 6.45) is 3.47. The molecule has 0 unspecified atom stereocenters. The molecule has 0 bridgehead atoms. The van der Waals surface area contributed by atoms with Crippen LogP contribution in [0.1, 0.15) is 37.3 Å². The smallest absolute Gasteiger partial charge is 0.227 e. The quantitative estimate of drug-likeness (QED) is 0.713. The Hall–Kier alpha value is -2.18. The van der Waals surface area contributed by atoms with Crippen LogP contribution in [0.2, 0.25) is 0 Å². The molecule has 1 N–H and O–H groups in total. The van der Waals surface area contributed by atoms with Gasteiger partial charge in [-0.1, -0.05) is 49.4 Å². The number of piperidine rings is 1. The third-order valence-electron chi connectivity index (χ3n) is 5.56. The molecule has 1 aliphatic heterocycles. The van der Waals surface area contributed by atoms with E-state index in [9.17, 15) is 13.2 Å². The third-order valence-corrected chi connectivity index (χ3v) is 7.51. The molecule has 0 radical (unpaired) electrons. The van der Waals surface area contributed by atoms with Gasteiger partial charge in [0, 0.05) is 24.7 Å². The van der Waals surface area contributed by atoms with Crippen molar-refractivity contribution in [1.82, 2.24) is 4.31 Å². The fourth-order valence-electron chi connectivity index (χ4n) is 3.70. The predicted octanol–water partition coefficient (Wildman–Crippen LogP) is 3.86. The summed E-state index contributed by atoms with van der Waals surface area (Å²) in [6, 6.07) is 17.8. The lowest BCUT2D eigenvalue weighted by Crippen LogP contribution is -2.42. The first-order valence-electron chi connectivity index (χ1n) is 10.4. The van der Waals surface area contributed by atoms with E-state index in [-0.39, 0.29) is 17.6 Å². The number of sulfonamides is 1. The molecule has 2 aromatic carbocycles. The Morgan fingerprint density at radius 1 is 1.00 bits per heavy atom. The minimum Gasteiger partial charge on any atom is -0.326 e. The Morgan fingerprint density at radius 2 is 1.66 bits per heavy atom. The number of carbonyl (C=O) groups is 1. The molecule has 29 heavy (non-hydrogen) atoms. The van der Waals surface area contributed by atoms with E-state index in [4.69, 9.17) is 0 Å². The maximum absolute atomic E-state index is 12.6. The van der Waals surface area contributed by atoms with Gasteiger partial charge in [-0.25, -0.2) is 12.7 Å². The number of nitrogens with one attached hydrogen (secondary N) is 1. The first kappa shape index (κ1) is 21.5. The number of amides is 1. The molecule has 5 nitrogen and oxygen atoms in total. The van der Waals surface area contributed by atoms with E-state index in [2.05, 4.69) is 12.2 Å². The Kier molecular flexibility index (Phi) is 7.45. The molecule has 1 amide bonds. The molecular weight excluding hydrogens is 384 g/mol. The summed E-state index contributed by atoms with van der Waals surface area (Å²) in [6.45, 7) is 2.93. The van der Waals surface area contributed by atoms with Crippen LogP contribution in [0.25, 0.3) is 0 Å². The van der Waals surface area contributed by atoms with E-state index in [1.54, 1.807) is 4.31 Å². The second-order valence-corrected chi connectivity index (χ2v) is 9.71. The fourth-order valence-corrected chi connectivity index (χ4v) is 5.23. The van der Waals surface area contributed by atoms with Gasteiger partial charge in [0.1, 0.15) is 0 Å². The van der Waals surface area contributed by atoms with Crippen LogP contribution >= 0.6 is 0 Å². The van der Waals surface area contributed by atoms with Crippen molar-refractivity contribution in [2.24, 2.45) is 5.92 Å². The number of hydrogen-bond acceptors (Lipinski definition) is 3. The maximum Gasteiger partial charge on any atom is 0.227 e. The van der Waals surface area contributed by atoms with Crippen LogP contribution in [0.3, 0.4) is 0 Å². The highest BCUT2D eigenvalue weighted by molar-refractivity contribution is 7.89. The summed E-state index contributed by atoms with van der Waals surface area (Å²) < 4.78 is 26.8. The molecule has 0 atom stereocenters. The van der Waals surface area contributed by atoms with Gasteiger partial charge in [0.15, 0.2) is 0 Å². The molecule has 2 aromatic rings. The molecule has 1 aliphatic rings. The second-order valence-electron chi connectivity index (χ2n) is 7.62. The number of anilines is 1. The zero-order valence-electron chi connectivity index (χ0n) is 17.0. The standard InChI is InChI=1S/C23H30N2O3S/c1-2-19-10-12-22(13-11-19)24-23(26)21-14-16-25(17-15-21)29(27,28)18-6-9-20-7-4-3-5-8-20/h3-5,7-8,10-13,21H,2,6,9,14-18H2,1H3,(H,24,26). The van der Waals surface area contributed by atoms with Crippen LogP contribution in [0.5, 0.6) is 0 Å². The SMILES string of the molecule is CCc1ccc(NC(=O)C2CCN(S(=O)(=O)CCCc3ccccc3)CC2)cc1. The summed E-state index contributed by atoms with van der Waals surface area (Å²) in [5.41, 5.74) is 3.18. The maximum atomic E-state index is 12.6. The van der Waals surface area contributed by atoms with Gasteiger partial charge in [0.2, 0.25) is 15.9 Å². The number of aryl methyl sites for hydroxylation is 2. The number of carbonyl (C=O) groups excluding carboxylic acids is 1. The fraction of sp³-hybridized carbons (Fsp3) is 0.435. The first-order chi connectivity index (χ1) is 14.0. The van der Waals surface area contributed by atoms with Crippen LogP contribution in [0.15, 0.2) is 54.6 Å². The van der Waals surface area contributed by atoms with Crippen molar-refractivity contribution in [3.63, 3.8) is 0 Å². The Labute approximate surface area is 174 Å². The molecule has 6 heteroatoms. The minimum atomic E-state index is -3.27. The lowest BCUT2D eigenvalue weighted by atomic mass is 9.97. The van der Waals surface area contributed by atoms with E-state index < -0.39 is 10.0 Å². The molecule has 0 spiro atoms. The number of hydrogen-bond donors (Lipinski definition) is 1. The van der Waals surface area contributed by atoms with E-state index in [1.165, 1.54) is 5.56 Å². The van der Waals surface area contributed by atoms with E-state index in [0.29, 0.717) is 32.4 Å². The van der Waals surface area contributed by atoms with Crippen LogP contribution in [-0.2, 0) is 27.7 Å². The minimum absolute atomic E-state index is 0.0182. The summed E-state index contributed by atoms with van der Waals surface area (Å²) >= 11 is 0. The van der Waals surface area contributed by atoms with Crippen LogP contribution in [-0.4, -0.2) is 37.5 Å². The molecular formula is C23H30N2O3S. The van der Waals surface area contributed by atoms with Crippen molar-refractivity contribution in [3.05, 3.63) is 65.7 Å². The van der Waals surface area contributed by atoms with Crippen molar-refractivity contribution in [3.8, 4) is 0 Å². The predicted molar refractivity (Wildman–Crippen MR) is 117 cm³/mol. The highest BCUT2D eigenvalue weighted by Crippen LogP contribution is 2.22. The van der Waals surface area contributed by atoms with Gasteiger partial charge in [-0.3, -0.25) is 4.79 Å². The number of benzene rings is 2. The van der Waals surface area contributed by atoms with E-state index >= 15 is 0 Å². The topological polar surface area (TPSA) is 66.5 Å². The Balaban J connectivity index is 1.45. The highest BCUT2D eigenvalue weighted by atomic mass is 32.2. The van der Waals surface area contributed by atoms with Crippen molar-refractivity contribution >= 4 is 21.6 Å². The Bertz CT molecular complexity index is 887. The summed E-state index contributed by atoms with van der Waals surface area (Å²) in [4.78, 5) is 12.5. The highest BCUT2D eigenvalue weighted by Gasteiger charge is 2.30. The third kappa shape index (κ3) is 6.15. The molecule has 156 valence electrons. The Morgan fingerprint density at radius 3 is 2.28 bits per heavy atom. The van der Waals surface area contributed by atoms with Crippen LogP contribution in [0.4, 0.5) is 5.69 Å². The van der Waals surface area contributed by atoms with Gasteiger partial charge < -0.3 is 5.32 Å². The summed E-state index contributed by atoms with van der Waals surface area (Å²) in [7, 11) is -3.27. The average molecular weight is 415 g/mol. The van der Waals surface area contributed by atoms with Crippen molar-refractivity contribution in [2.75, 3.05) is 24.2 Å². The normalized spacial score (nSPS) is 15.9. The van der Waals surface area contributed by atoms with Crippen molar-refractivity contribution in [1.29, 1.82) is 0 Å². The zero-order valence-corrected chi connectivity index (χ0v) is 17.8. The lowest BCUT2D eigenvalue weighted by Gasteiger charge is -2.30. The molecule has 1 saturated heterocycles. The first-order valence-corrected chi connectivity index (χ1v) is 12.0. The van der Waals surface area contributed by atoms with Gasteiger partial charge in [0.05, 0.1) is 5.75 Å². The van der Waals surface area contributed by atoms with Gasteiger partial charge in [-0.2, -0.15) is 0 Å². The van der Waals surface area contributed by atoms with E-state index in [0.717, 1.165) is 24.1 Å². The summed E-state index contributed by atoms with van der Waals surface area (Å²) in [5.74, 6) is -0.00490. The van der Waals surface area contributed by atoms with Gasteiger partial charge in [-0.15, -0.1) is 0 Å². The zero-order chi connectivity index (χ0) is 20.7. The van der Waals surface area contributed by atoms with Crippen LogP contribution < -0.4 is 5.32 Å². The second kappa shape index (κ2) is 10.0. The van der Waals surface area contributed by atoms with Crippen molar-refractivity contribution < 1.29 is 13.2 Å². The molecule has 1 fully saturated rings. The van der Waals surface area contributed by atoms with Gasteiger partial charge >= 0.3 is 0 Å². The monoisotopic (exact) mass is 414 g/mol. The number of rotatable bonds is 8. The number of nitrogens with zero attached hydrogens (tertiary/aromatic N) is 1. The average Bonchev–Trinajstić information content (AvgIpc) is 2.75. The van der Waals surface area contributed by atoms with Crippen LogP contribution in [0, 0.1) is 5.92 Å².